The molecule has 0 saturated heterocycles. The predicted octanol–water partition coefficient (Wildman–Crippen LogP) is 3.76. The predicted molar refractivity (Wildman–Crippen MR) is 98.4 cm³/mol. The SMILES string of the molecule is COc1cc(/C=N/NC(=O)c2nc(Cl)c(Cl)c(N)c2Cl)cc(Cl)c1O. The number of benzene rings is 1. The molecule has 0 spiro atoms. The number of pyridine rings is 1. The van der Waals surface area contributed by atoms with Gasteiger partial charge in [-0.05, 0) is 17.7 Å². The van der Waals surface area contributed by atoms with Crippen molar-refractivity contribution in [3.63, 3.8) is 0 Å². The van der Waals surface area contributed by atoms with Crippen molar-refractivity contribution in [2.24, 2.45) is 5.10 Å². The number of halogens is 4. The highest BCUT2D eigenvalue weighted by Gasteiger charge is 2.19. The molecule has 0 unspecified atom stereocenters. The summed E-state index contributed by atoms with van der Waals surface area (Å²) in [6.07, 6.45) is 1.28. The summed E-state index contributed by atoms with van der Waals surface area (Å²) in [6.45, 7) is 0. The number of carbonyl (C=O) groups is 1. The molecule has 0 saturated carbocycles. The molecule has 2 aromatic rings. The number of nitrogens with one attached hydrogen (secondary N) is 1. The molecule has 1 amide bonds. The Labute approximate surface area is 162 Å². The minimum absolute atomic E-state index is 0.0439. The van der Waals surface area contributed by atoms with E-state index in [1.807, 2.05) is 0 Å². The first-order valence-corrected chi connectivity index (χ1v) is 7.97. The van der Waals surface area contributed by atoms with Crippen molar-refractivity contribution in [2.45, 2.75) is 0 Å². The lowest BCUT2D eigenvalue weighted by Gasteiger charge is -2.08. The van der Waals surface area contributed by atoms with Gasteiger partial charge in [0.05, 0.1) is 29.1 Å². The summed E-state index contributed by atoms with van der Waals surface area (Å²) in [7, 11) is 1.37. The third-order valence-corrected chi connectivity index (χ3v) is 4.36. The lowest BCUT2D eigenvalue weighted by molar-refractivity contribution is 0.0950. The Morgan fingerprint density at radius 1 is 1.32 bits per heavy atom. The molecule has 0 aliphatic heterocycles. The first-order valence-electron chi connectivity index (χ1n) is 6.46. The van der Waals surface area contributed by atoms with E-state index in [1.165, 1.54) is 25.5 Å². The Morgan fingerprint density at radius 3 is 2.64 bits per heavy atom. The molecule has 7 nitrogen and oxygen atoms in total. The standard InChI is InChI=1S/C14H10Cl4N4O3/c1-25-7-3-5(2-6(15)12(7)23)4-20-22-14(24)11-8(16)10(19)9(17)13(18)21-11/h2-4,23H,1H3,(H2,19,21)(H,22,24)/b20-4+. The van der Waals surface area contributed by atoms with Gasteiger partial charge in [-0.25, -0.2) is 10.4 Å². The number of nitrogens with two attached hydrogens (primary N) is 1. The maximum absolute atomic E-state index is 12.1. The van der Waals surface area contributed by atoms with E-state index in [9.17, 15) is 9.90 Å². The van der Waals surface area contributed by atoms with Crippen LogP contribution in [-0.4, -0.2) is 29.3 Å². The van der Waals surface area contributed by atoms with Crippen LogP contribution in [0.1, 0.15) is 16.1 Å². The van der Waals surface area contributed by atoms with Gasteiger partial charge in [-0.3, -0.25) is 4.79 Å². The van der Waals surface area contributed by atoms with Crippen molar-refractivity contribution >= 4 is 64.2 Å². The molecule has 1 aromatic carbocycles. The number of phenols is 1. The third-order valence-electron chi connectivity index (χ3n) is 2.94. The number of amides is 1. The molecular formula is C14H10Cl4N4O3. The van der Waals surface area contributed by atoms with E-state index in [0.29, 0.717) is 5.56 Å². The van der Waals surface area contributed by atoms with Gasteiger partial charge in [0, 0.05) is 0 Å². The first-order chi connectivity index (χ1) is 11.8. The molecule has 0 bridgehead atoms. The molecular weight excluding hydrogens is 414 g/mol. The zero-order chi connectivity index (χ0) is 18.7. The normalized spacial score (nSPS) is 10.9. The fourth-order valence-electron chi connectivity index (χ4n) is 1.72. The number of carbonyl (C=O) groups excluding carboxylic acids is 1. The molecule has 0 atom stereocenters. The number of hydrazone groups is 1. The van der Waals surface area contributed by atoms with Gasteiger partial charge in [-0.1, -0.05) is 46.4 Å². The second-order valence-electron chi connectivity index (χ2n) is 4.55. The van der Waals surface area contributed by atoms with Crippen LogP contribution in [-0.2, 0) is 0 Å². The van der Waals surface area contributed by atoms with Gasteiger partial charge in [0.15, 0.2) is 22.3 Å². The Balaban J connectivity index is 2.21. The number of nitrogens with zero attached hydrogens (tertiary/aromatic N) is 2. The largest absolute Gasteiger partial charge is 0.503 e. The second-order valence-corrected chi connectivity index (χ2v) is 6.07. The summed E-state index contributed by atoms with van der Waals surface area (Å²) in [5.41, 5.74) is 8.03. The lowest BCUT2D eigenvalue weighted by atomic mass is 10.2. The molecule has 0 fully saturated rings. The third kappa shape index (κ3) is 4.19. The number of hydrogen-bond donors (Lipinski definition) is 3. The van der Waals surface area contributed by atoms with Gasteiger partial charge < -0.3 is 15.6 Å². The Morgan fingerprint density at radius 2 is 2.00 bits per heavy atom. The van der Waals surface area contributed by atoms with Crippen LogP contribution in [0.2, 0.25) is 20.2 Å². The average molecular weight is 424 g/mol. The van der Waals surface area contributed by atoms with Crippen LogP contribution in [0.5, 0.6) is 11.5 Å². The number of phenolic OH excluding ortho intramolecular Hbond substituents is 1. The molecule has 0 aliphatic carbocycles. The summed E-state index contributed by atoms with van der Waals surface area (Å²) in [5, 5.41) is 13.1. The molecule has 11 heteroatoms. The quantitative estimate of drug-likeness (QED) is 0.394. The number of aromatic hydroxyl groups is 1. The van der Waals surface area contributed by atoms with Gasteiger partial charge in [0.25, 0.3) is 5.91 Å². The summed E-state index contributed by atoms with van der Waals surface area (Å²) < 4.78 is 4.96. The number of aromatic nitrogens is 1. The van der Waals surface area contributed by atoms with Crippen LogP contribution in [0, 0.1) is 0 Å². The Bertz CT molecular complexity index is 874. The van der Waals surface area contributed by atoms with Crippen molar-refractivity contribution in [3.8, 4) is 11.5 Å². The van der Waals surface area contributed by atoms with E-state index in [2.05, 4.69) is 15.5 Å². The first kappa shape index (κ1) is 19.4. The molecule has 2 rings (SSSR count). The maximum atomic E-state index is 12.1. The molecule has 132 valence electrons. The molecule has 4 N–H and O–H groups in total. The minimum Gasteiger partial charge on any atom is -0.503 e. The summed E-state index contributed by atoms with van der Waals surface area (Å²) >= 11 is 23.4. The summed E-state index contributed by atoms with van der Waals surface area (Å²) in [6, 6.07) is 2.90. The van der Waals surface area contributed by atoms with E-state index in [1.54, 1.807) is 0 Å². The van der Waals surface area contributed by atoms with Crippen LogP contribution in [0.15, 0.2) is 17.2 Å². The summed E-state index contributed by atoms with van der Waals surface area (Å²) in [4.78, 5) is 15.9. The van der Waals surface area contributed by atoms with E-state index in [4.69, 9.17) is 56.9 Å². The van der Waals surface area contributed by atoms with Crippen molar-refractivity contribution in [1.82, 2.24) is 10.4 Å². The zero-order valence-corrected chi connectivity index (χ0v) is 15.5. The molecule has 0 radical (unpaired) electrons. The van der Waals surface area contributed by atoms with Crippen molar-refractivity contribution < 1.29 is 14.6 Å². The highest BCUT2D eigenvalue weighted by atomic mass is 35.5. The molecule has 25 heavy (non-hydrogen) atoms. The van der Waals surface area contributed by atoms with Crippen LogP contribution >= 0.6 is 46.4 Å². The summed E-state index contributed by atoms with van der Waals surface area (Å²) in [5.74, 6) is -0.793. The molecule has 1 heterocycles. The number of methoxy groups -OCH3 is 1. The highest BCUT2D eigenvalue weighted by Crippen LogP contribution is 2.35. The van der Waals surface area contributed by atoms with Gasteiger partial charge in [0.1, 0.15) is 5.02 Å². The average Bonchev–Trinajstić information content (AvgIpc) is 2.58. The van der Waals surface area contributed by atoms with Crippen LogP contribution in [0.4, 0.5) is 5.69 Å². The van der Waals surface area contributed by atoms with Gasteiger partial charge in [-0.15, -0.1) is 0 Å². The van der Waals surface area contributed by atoms with E-state index in [0.717, 1.165) is 0 Å². The van der Waals surface area contributed by atoms with E-state index in [-0.39, 0.29) is 43.1 Å². The van der Waals surface area contributed by atoms with Gasteiger partial charge in [0.2, 0.25) is 0 Å². The maximum Gasteiger partial charge on any atom is 0.291 e. The zero-order valence-electron chi connectivity index (χ0n) is 12.5. The number of hydrogen-bond acceptors (Lipinski definition) is 6. The number of nitrogen functional groups attached to an aromatic ring is 1. The van der Waals surface area contributed by atoms with Gasteiger partial charge in [-0.2, -0.15) is 5.10 Å². The number of ether oxygens (including phenoxy) is 1. The number of anilines is 1. The smallest absolute Gasteiger partial charge is 0.291 e. The highest BCUT2D eigenvalue weighted by molar-refractivity contribution is 6.46. The topological polar surface area (TPSA) is 110 Å². The molecule has 0 aliphatic rings. The fraction of sp³-hybridized carbons (Fsp3) is 0.0714. The molecule has 1 aromatic heterocycles. The monoisotopic (exact) mass is 422 g/mol. The van der Waals surface area contributed by atoms with Crippen LogP contribution < -0.4 is 15.9 Å². The Kier molecular flexibility index (Phi) is 6.18. The van der Waals surface area contributed by atoms with E-state index < -0.39 is 5.91 Å². The van der Waals surface area contributed by atoms with E-state index >= 15 is 0 Å². The Hall–Kier alpha value is -1.93. The van der Waals surface area contributed by atoms with Crippen molar-refractivity contribution in [2.75, 3.05) is 12.8 Å². The van der Waals surface area contributed by atoms with Crippen molar-refractivity contribution in [3.05, 3.63) is 43.6 Å². The van der Waals surface area contributed by atoms with Crippen LogP contribution in [0.3, 0.4) is 0 Å². The second kappa shape index (κ2) is 7.97. The van der Waals surface area contributed by atoms with Crippen LogP contribution in [0.25, 0.3) is 0 Å². The van der Waals surface area contributed by atoms with Gasteiger partial charge >= 0.3 is 0 Å². The van der Waals surface area contributed by atoms with Crippen molar-refractivity contribution in [1.29, 1.82) is 0 Å². The minimum atomic E-state index is -0.747. The fourth-order valence-corrected chi connectivity index (χ4v) is 2.54. The lowest BCUT2D eigenvalue weighted by Crippen LogP contribution is -2.20. The number of rotatable bonds is 4.